The number of epoxide rings is 1. The molecular formula is C16H26O2Si. The maximum atomic E-state index is 6.39. The minimum absolute atomic E-state index is 0.172. The molecule has 106 valence electrons. The van der Waals surface area contributed by atoms with Crippen molar-refractivity contribution < 1.29 is 9.16 Å². The monoisotopic (exact) mass is 278 g/mol. The quantitative estimate of drug-likeness (QED) is 0.596. The van der Waals surface area contributed by atoms with Gasteiger partial charge in [-0.3, -0.25) is 0 Å². The summed E-state index contributed by atoms with van der Waals surface area (Å²) in [5.74, 6) is 0. The second-order valence-corrected chi connectivity index (χ2v) is 11.8. The van der Waals surface area contributed by atoms with Gasteiger partial charge in [-0.25, -0.2) is 0 Å². The van der Waals surface area contributed by atoms with Crippen LogP contribution in [0.2, 0.25) is 18.1 Å². The molecule has 1 fully saturated rings. The zero-order chi connectivity index (χ0) is 14.3. The van der Waals surface area contributed by atoms with Crippen LogP contribution in [-0.2, 0) is 9.16 Å². The highest BCUT2D eigenvalue weighted by Gasteiger charge is 2.48. The third kappa shape index (κ3) is 3.27. The van der Waals surface area contributed by atoms with Crippen molar-refractivity contribution in [1.29, 1.82) is 0 Å². The molecule has 0 amide bonds. The standard InChI is InChI=1S/C16H26O2Si/c1-12(18-19(5,6)16(2,3)4)14-15(17-14)13-10-8-7-9-11-13/h7-12,14-15H,1-6H3/t12-,14-,15-/m1/s1. The molecule has 1 saturated heterocycles. The third-order valence-corrected chi connectivity index (χ3v) is 8.98. The smallest absolute Gasteiger partial charge is 0.192 e. The van der Waals surface area contributed by atoms with Crippen LogP contribution in [0.1, 0.15) is 39.4 Å². The summed E-state index contributed by atoms with van der Waals surface area (Å²) in [7, 11) is -1.70. The molecule has 0 saturated carbocycles. The van der Waals surface area contributed by atoms with Crippen LogP contribution in [0.25, 0.3) is 0 Å². The molecule has 1 aliphatic heterocycles. The Morgan fingerprint density at radius 3 is 2.26 bits per heavy atom. The Bertz CT molecular complexity index is 422. The van der Waals surface area contributed by atoms with Gasteiger partial charge >= 0.3 is 0 Å². The van der Waals surface area contributed by atoms with Crippen molar-refractivity contribution in [3.63, 3.8) is 0 Å². The van der Waals surface area contributed by atoms with Gasteiger partial charge in [0.15, 0.2) is 8.32 Å². The summed E-state index contributed by atoms with van der Waals surface area (Å²) in [4.78, 5) is 0. The van der Waals surface area contributed by atoms with Gasteiger partial charge in [0.25, 0.3) is 0 Å². The van der Waals surface area contributed by atoms with Crippen molar-refractivity contribution in [2.45, 2.75) is 64.1 Å². The number of hydrogen-bond donors (Lipinski definition) is 0. The first kappa shape index (κ1) is 14.8. The zero-order valence-corrected chi connectivity index (χ0v) is 13.9. The van der Waals surface area contributed by atoms with E-state index in [1.807, 2.05) is 6.07 Å². The Balaban J connectivity index is 1.95. The van der Waals surface area contributed by atoms with E-state index in [0.29, 0.717) is 0 Å². The summed E-state index contributed by atoms with van der Waals surface area (Å²) in [5.41, 5.74) is 1.26. The molecule has 3 atom stereocenters. The fourth-order valence-corrected chi connectivity index (χ4v) is 3.52. The van der Waals surface area contributed by atoms with Gasteiger partial charge in [0.05, 0.1) is 6.10 Å². The molecule has 3 heteroatoms. The molecular weight excluding hydrogens is 252 g/mol. The summed E-state index contributed by atoms with van der Waals surface area (Å²) in [6, 6.07) is 10.4. The van der Waals surface area contributed by atoms with E-state index < -0.39 is 8.32 Å². The molecule has 0 N–H and O–H groups in total. The van der Waals surface area contributed by atoms with Crippen LogP contribution in [0.15, 0.2) is 30.3 Å². The minimum atomic E-state index is -1.70. The fraction of sp³-hybridized carbons (Fsp3) is 0.625. The van der Waals surface area contributed by atoms with Crippen LogP contribution >= 0.6 is 0 Å². The van der Waals surface area contributed by atoms with Gasteiger partial charge in [-0.05, 0) is 30.6 Å². The van der Waals surface area contributed by atoms with Crippen LogP contribution in [0.3, 0.4) is 0 Å². The maximum absolute atomic E-state index is 6.39. The van der Waals surface area contributed by atoms with Gasteiger partial charge in [-0.2, -0.15) is 0 Å². The number of rotatable bonds is 4. The highest BCUT2D eigenvalue weighted by molar-refractivity contribution is 6.74. The van der Waals surface area contributed by atoms with Gasteiger partial charge in [-0.15, -0.1) is 0 Å². The van der Waals surface area contributed by atoms with Gasteiger partial charge in [0, 0.05) is 0 Å². The van der Waals surface area contributed by atoms with Crippen LogP contribution < -0.4 is 0 Å². The molecule has 0 radical (unpaired) electrons. The van der Waals surface area contributed by atoms with Gasteiger partial charge in [0.2, 0.25) is 0 Å². The first-order chi connectivity index (χ1) is 8.72. The van der Waals surface area contributed by atoms with Crippen molar-refractivity contribution >= 4 is 8.32 Å². The summed E-state index contributed by atoms with van der Waals surface area (Å²) >= 11 is 0. The molecule has 2 nitrogen and oxygen atoms in total. The van der Waals surface area contributed by atoms with Crippen LogP contribution in [0.5, 0.6) is 0 Å². The first-order valence-corrected chi connectivity index (χ1v) is 10.0. The predicted molar refractivity (Wildman–Crippen MR) is 81.8 cm³/mol. The van der Waals surface area contributed by atoms with Crippen molar-refractivity contribution in [3.8, 4) is 0 Å². The molecule has 19 heavy (non-hydrogen) atoms. The van der Waals surface area contributed by atoms with Crippen molar-refractivity contribution in [1.82, 2.24) is 0 Å². The highest BCUT2D eigenvalue weighted by atomic mass is 28.4. The minimum Gasteiger partial charge on any atom is -0.411 e. The van der Waals surface area contributed by atoms with E-state index in [4.69, 9.17) is 9.16 Å². The molecule has 0 spiro atoms. The second kappa shape index (κ2) is 5.04. The van der Waals surface area contributed by atoms with E-state index in [1.54, 1.807) is 0 Å². The lowest BCUT2D eigenvalue weighted by atomic mass is 10.1. The normalized spacial score (nSPS) is 25.2. The highest BCUT2D eigenvalue weighted by Crippen LogP contribution is 2.44. The average molecular weight is 278 g/mol. The molecule has 0 aliphatic carbocycles. The number of ether oxygens (including phenoxy) is 1. The van der Waals surface area contributed by atoms with Gasteiger partial charge in [0.1, 0.15) is 12.2 Å². The maximum Gasteiger partial charge on any atom is 0.192 e. The van der Waals surface area contributed by atoms with Crippen LogP contribution in [-0.4, -0.2) is 20.5 Å². The van der Waals surface area contributed by atoms with Crippen molar-refractivity contribution in [2.24, 2.45) is 0 Å². The zero-order valence-electron chi connectivity index (χ0n) is 12.9. The summed E-state index contributed by atoms with van der Waals surface area (Å²) < 4.78 is 12.2. The second-order valence-electron chi connectivity index (χ2n) is 7.02. The summed E-state index contributed by atoms with van der Waals surface area (Å²) in [6.07, 6.45) is 0.614. The number of hydrogen-bond acceptors (Lipinski definition) is 2. The Hall–Kier alpha value is -0.643. The molecule has 0 unspecified atom stereocenters. The lowest BCUT2D eigenvalue weighted by molar-refractivity contribution is 0.159. The van der Waals surface area contributed by atoms with Gasteiger partial charge < -0.3 is 9.16 Å². The number of benzene rings is 1. The fourth-order valence-electron chi connectivity index (χ4n) is 2.10. The molecule has 0 bridgehead atoms. The Morgan fingerprint density at radius 2 is 1.74 bits per heavy atom. The molecule has 1 aromatic rings. The molecule has 1 aliphatic rings. The Morgan fingerprint density at radius 1 is 1.16 bits per heavy atom. The lowest BCUT2D eigenvalue weighted by Gasteiger charge is -2.38. The van der Waals surface area contributed by atoms with Crippen molar-refractivity contribution in [2.75, 3.05) is 0 Å². The van der Waals surface area contributed by atoms with Crippen LogP contribution in [0, 0.1) is 0 Å². The first-order valence-electron chi connectivity index (χ1n) is 7.10. The Kier molecular flexibility index (Phi) is 3.91. The van der Waals surface area contributed by atoms with E-state index >= 15 is 0 Å². The predicted octanol–water partition coefficient (Wildman–Crippen LogP) is 4.54. The summed E-state index contributed by atoms with van der Waals surface area (Å²) in [5, 5.41) is 0.248. The Labute approximate surface area is 118 Å². The van der Waals surface area contributed by atoms with E-state index in [-0.39, 0.29) is 23.4 Å². The van der Waals surface area contributed by atoms with E-state index in [0.717, 1.165) is 0 Å². The largest absolute Gasteiger partial charge is 0.411 e. The average Bonchev–Trinajstić information content (AvgIpc) is 3.08. The van der Waals surface area contributed by atoms with Gasteiger partial charge in [-0.1, -0.05) is 51.1 Å². The van der Waals surface area contributed by atoms with Crippen molar-refractivity contribution in [3.05, 3.63) is 35.9 Å². The SMILES string of the molecule is C[C@@H](O[Si](C)(C)C(C)(C)C)[C@H]1O[C@@H]1c1ccccc1. The lowest BCUT2D eigenvalue weighted by Crippen LogP contribution is -2.44. The molecule has 1 heterocycles. The van der Waals surface area contributed by atoms with E-state index in [1.165, 1.54) is 5.56 Å². The topological polar surface area (TPSA) is 21.8 Å². The third-order valence-electron chi connectivity index (χ3n) is 4.40. The van der Waals surface area contributed by atoms with E-state index in [2.05, 4.69) is 65.1 Å². The van der Waals surface area contributed by atoms with Crippen LogP contribution in [0.4, 0.5) is 0 Å². The van der Waals surface area contributed by atoms with E-state index in [9.17, 15) is 0 Å². The molecule has 2 rings (SSSR count). The molecule has 1 aromatic carbocycles. The summed E-state index contributed by atoms with van der Waals surface area (Å²) in [6.45, 7) is 13.6. The molecule has 0 aromatic heterocycles.